The summed E-state index contributed by atoms with van der Waals surface area (Å²) < 4.78 is 32.6. The molecule has 3 aromatic rings. The Balaban J connectivity index is 1.94. The van der Waals surface area contributed by atoms with E-state index in [4.69, 9.17) is 4.74 Å². The predicted octanol–water partition coefficient (Wildman–Crippen LogP) is 4.57. The highest BCUT2D eigenvalue weighted by molar-refractivity contribution is 6.06. The molecule has 0 saturated carbocycles. The molecule has 3 rings (SSSR count). The molecule has 0 radical (unpaired) electrons. The number of amides is 2. The van der Waals surface area contributed by atoms with Crippen LogP contribution >= 0.6 is 0 Å². The Kier molecular flexibility index (Phi) is 6.87. The van der Waals surface area contributed by atoms with Gasteiger partial charge in [-0.1, -0.05) is 18.2 Å². The second kappa shape index (κ2) is 9.75. The van der Waals surface area contributed by atoms with Crippen molar-refractivity contribution in [2.75, 3.05) is 29.3 Å². The van der Waals surface area contributed by atoms with Crippen LogP contribution in [-0.2, 0) is 4.74 Å². The number of benzene rings is 2. The first kappa shape index (κ1) is 21.1. The lowest BCUT2D eigenvalue weighted by Crippen LogP contribution is -2.32. The van der Waals surface area contributed by atoms with Gasteiger partial charge in [0.15, 0.2) is 0 Å². The largest absolute Gasteiger partial charge is 0.383 e. The van der Waals surface area contributed by atoms with E-state index in [0.717, 1.165) is 18.2 Å². The van der Waals surface area contributed by atoms with Crippen molar-refractivity contribution in [2.45, 2.75) is 13.0 Å². The fraction of sp³-hybridized carbons (Fsp3) is 0.190. The molecule has 0 saturated heterocycles. The summed E-state index contributed by atoms with van der Waals surface area (Å²) in [6.45, 7) is 2.34. The molecule has 0 bridgehead atoms. The van der Waals surface area contributed by atoms with Crippen LogP contribution in [0.5, 0.6) is 0 Å². The first-order valence-electron chi connectivity index (χ1n) is 9.17. The number of carbonyl (C=O) groups is 1. The average molecular weight is 413 g/mol. The number of rotatable bonds is 7. The van der Waals surface area contributed by atoms with E-state index in [-0.39, 0.29) is 17.5 Å². The summed E-state index contributed by atoms with van der Waals surface area (Å²) in [4.78, 5) is 22.8. The quantitative estimate of drug-likeness (QED) is 0.593. The average Bonchev–Trinajstić information content (AvgIpc) is 2.72. The van der Waals surface area contributed by atoms with Crippen LogP contribution in [-0.4, -0.2) is 35.8 Å². The van der Waals surface area contributed by atoms with E-state index in [2.05, 4.69) is 20.6 Å². The fourth-order valence-corrected chi connectivity index (χ4v) is 2.75. The standard InChI is InChI=1S/C21H21F2N5O2/c1-14(13-30-2)25-20-24-11-10-19(27-20)28(16-6-4-3-5-7-16)21(29)26-18-12-15(22)8-9-17(18)23/h3-12,14H,13H2,1-2H3,(H,26,29)(H,24,25,27)/t14-/m0/s1. The highest BCUT2D eigenvalue weighted by atomic mass is 19.1. The van der Waals surface area contributed by atoms with E-state index in [1.165, 1.54) is 11.1 Å². The van der Waals surface area contributed by atoms with Crippen LogP contribution in [0.2, 0.25) is 0 Å². The van der Waals surface area contributed by atoms with Crippen LogP contribution in [0.15, 0.2) is 60.8 Å². The fourth-order valence-electron chi connectivity index (χ4n) is 2.75. The van der Waals surface area contributed by atoms with Gasteiger partial charge in [-0.25, -0.2) is 23.5 Å². The molecule has 1 atom stereocenters. The number of nitrogens with zero attached hydrogens (tertiary/aromatic N) is 3. The van der Waals surface area contributed by atoms with Gasteiger partial charge in [-0.2, -0.15) is 4.98 Å². The molecule has 156 valence electrons. The summed E-state index contributed by atoms with van der Waals surface area (Å²) in [6, 6.07) is 12.3. The highest BCUT2D eigenvalue weighted by Gasteiger charge is 2.21. The summed E-state index contributed by atoms with van der Waals surface area (Å²) in [7, 11) is 1.59. The van der Waals surface area contributed by atoms with Crippen molar-refractivity contribution < 1.29 is 18.3 Å². The Bertz CT molecular complexity index is 1000. The van der Waals surface area contributed by atoms with Crippen LogP contribution in [0.1, 0.15) is 6.92 Å². The maximum atomic E-state index is 14.0. The molecule has 7 nitrogen and oxygen atoms in total. The van der Waals surface area contributed by atoms with Gasteiger partial charge in [-0.15, -0.1) is 0 Å². The lowest BCUT2D eigenvalue weighted by molar-refractivity contribution is 0.190. The van der Waals surface area contributed by atoms with Gasteiger partial charge in [0, 0.05) is 31.5 Å². The molecule has 0 spiro atoms. The van der Waals surface area contributed by atoms with E-state index >= 15 is 0 Å². The lowest BCUT2D eigenvalue weighted by Gasteiger charge is -2.23. The second-order valence-corrected chi connectivity index (χ2v) is 6.46. The second-order valence-electron chi connectivity index (χ2n) is 6.46. The molecule has 1 heterocycles. The van der Waals surface area contributed by atoms with Gasteiger partial charge in [-0.3, -0.25) is 0 Å². The number of nitrogens with one attached hydrogen (secondary N) is 2. The zero-order valence-corrected chi connectivity index (χ0v) is 16.5. The Morgan fingerprint density at radius 3 is 2.67 bits per heavy atom. The predicted molar refractivity (Wildman–Crippen MR) is 111 cm³/mol. The minimum absolute atomic E-state index is 0.0642. The zero-order chi connectivity index (χ0) is 21.5. The molecule has 30 heavy (non-hydrogen) atoms. The number of halogens is 2. The minimum Gasteiger partial charge on any atom is -0.383 e. The van der Waals surface area contributed by atoms with Gasteiger partial charge in [0.05, 0.1) is 18.0 Å². The Hall–Kier alpha value is -3.59. The number of ether oxygens (including phenoxy) is 1. The number of anilines is 4. The van der Waals surface area contributed by atoms with E-state index in [9.17, 15) is 13.6 Å². The number of aromatic nitrogens is 2. The molecule has 1 aromatic heterocycles. The third-order valence-corrected chi connectivity index (χ3v) is 4.05. The van der Waals surface area contributed by atoms with Gasteiger partial charge in [0.1, 0.15) is 17.5 Å². The Morgan fingerprint density at radius 1 is 1.17 bits per heavy atom. The van der Waals surface area contributed by atoms with Crippen molar-refractivity contribution in [2.24, 2.45) is 0 Å². The summed E-state index contributed by atoms with van der Waals surface area (Å²) in [5.74, 6) is -0.879. The molecule has 2 N–H and O–H groups in total. The SMILES string of the molecule is COC[C@H](C)Nc1nccc(N(C(=O)Nc2cc(F)ccc2F)c2ccccc2)n1. The van der Waals surface area contributed by atoms with Gasteiger partial charge in [-0.05, 0) is 31.2 Å². The first-order valence-corrected chi connectivity index (χ1v) is 9.17. The van der Waals surface area contributed by atoms with Crippen molar-refractivity contribution >= 4 is 29.2 Å². The zero-order valence-electron chi connectivity index (χ0n) is 16.5. The van der Waals surface area contributed by atoms with Crippen molar-refractivity contribution in [1.29, 1.82) is 0 Å². The third kappa shape index (κ3) is 5.26. The summed E-state index contributed by atoms with van der Waals surface area (Å²) in [5, 5.41) is 5.48. The Labute approximate surface area is 172 Å². The van der Waals surface area contributed by atoms with Crippen molar-refractivity contribution in [1.82, 2.24) is 9.97 Å². The molecule has 0 aliphatic rings. The van der Waals surface area contributed by atoms with Crippen LogP contribution in [0.3, 0.4) is 0 Å². The smallest absolute Gasteiger partial charge is 0.332 e. The molecule has 0 fully saturated rings. The molecule has 0 aliphatic carbocycles. The molecule has 2 amide bonds. The van der Waals surface area contributed by atoms with Crippen molar-refractivity contribution in [3.8, 4) is 0 Å². The molecule has 9 heteroatoms. The third-order valence-electron chi connectivity index (χ3n) is 4.05. The van der Waals surface area contributed by atoms with Crippen molar-refractivity contribution in [3.05, 3.63) is 72.4 Å². The van der Waals surface area contributed by atoms with Crippen molar-refractivity contribution in [3.63, 3.8) is 0 Å². The summed E-state index contributed by atoms with van der Waals surface area (Å²) in [6.07, 6.45) is 1.50. The molecule has 0 unspecified atom stereocenters. The van der Waals surface area contributed by atoms with Gasteiger partial charge in [0.2, 0.25) is 5.95 Å². The topological polar surface area (TPSA) is 79.4 Å². The van der Waals surface area contributed by atoms with Gasteiger partial charge >= 0.3 is 6.03 Å². The number of carbonyl (C=O) groups excluding carboxylic acids is 1. The van der Waals surface area contributed by atoms with Gasteiger partial charge in [0.25, 0.3) is 0 Å². The number of hydrogen-bond donors (Lipinski definition) is 2. The van der Waals surface area contributed by atoms with E-state index in [1.54, 1.807) is 43.5 Å². The summed E-state index contributed by atoms with van der Waals surface area (Å²) >= 11 is 0. The number of para-hydroxylation sites is 1. The first-order chi connectivity index (χ1) is 14.5. The molecule has 0 aliphatic heterocycles. The minimum atomic E-state index is -0.754. The van der Waals surface area contributed by atoms with E-state index < -0.39 is 17.7 Å². The van der Waals surface area contributed by atoms with Crippen LogP contribution in [0, 0.1) is 11.6 Å². The maximum absolute atomic E-state index is 14.0. The number of hydrogen-bond acceptors (Lipinski definition) is 5. The molecule has 2 aromatic carbocycles. The molecular weight excluding hydrogens is 392 g/mol. The monoisotopic (exact) mass is 413 g/mol. The lowest BCUT2D eigenvalue weighted by atomic mass is 10.2. The van der Waals surface area contributed by atoms with Gasteiger partial charge < -0.3 is 15.4 Å². The highest BCUT2D eigenvalue weighted by Crippen LogP contribution is 2.26. The number of urea groups is 1. The maximum Gasteiger partial charge on any atom is 0.332 e. The Morgan fingerprint density at radius 2 is 1.93 bits per heavy atom. The number of methoxy groups -OCH3 is 1. The van der Waals surface area contributed by atoms with Crippen LogP contribution < -0.4 is 15.5 Å². The normalized spacial score (nSPS) is 11.6. The van der Waals surface area contributed by atoms with E-state index in [1.807, 2.05) is 6.92 Å². The van der Waals surface area contributed by atoms with Crippen LogP contribution in [0.25, 0.3) is 0 Å². The summed E-state index contributed by atoms with van der Waals surface area (Å²) in [5.41, 5.74) is 0.212. The molecular formula is C21H21F2N5O2. The van der Waals surface area contributed by atoms with Crippen LogP contribution in [0.4, 0.5) is 36.7 Å². The van der Waals surface area contributed by atoms with E-state index in [0.29, 0.717) is 18.2 Å².